The molecule has 1 atom stereocenters. The number of hydrogen-bond donors (Lipinski definition) is 2. The predicted octanol–water partition coefficient (Wildman–Crippen LogP) is 1.92. The maximum Gasteiger partial charge on any atom is 0.327 e. The Morgan fingerprint density at radius 1 is 1.37 bits per heavy atom. The smallest absolute Gasteiger partial charge is 0.327 e. The largest absolute Gasteiger partial charge is 0.493 e. The lowest BCUT2D eigenvalue weighted by molar-refractivity contribution is -0.145. The number of aliphatic carboxylic acids is 1. The average molecular weight is 267 g/mol. The molecule has 1 rings (SSSR count). The molecule has 0 aliphatic carbocycles. The Kier molecular flexibility index (Phi) is 5.18. The van der Waals surface area contributed by atoms with Crippen LogP contribution >= 0.6 is 0 Å². The Morgan fingerprint density at radius 2 is 1.95 bits per heavy atom. The van der Waals surface area contributed by atoms with Crippen LogP contribution in [-0.4, -0.2) is 36.4 Å². The molecule has 1 aromatic carbocycles. The van der Waals surface area contributed by atoms with E-state index in [1.54, 1.807) is 26.2 Å². The minimum atomic E-state index is -1.14. The molecule has 0 bridgehead atoms. The molecule has 0 spiro atoms. The highest BCUT2D eigenvalue weighted by Gasteiger charge is 2.34. The van der Waals surface area contributed by atoms with E-state index in [-0.39, 0.29) is 12.6 Å². The standard InChI is InChI=1S/C14H21NO4/c1-10(2)15-14(3,13(16)17)9-19-12-8-6-5-7-11(12)18-4/h5-8,10,15H,9H2,1-4H3,(H,16,17). The Balaban J connectivity index is 2.79. The van der Waals surface area contributed by atoms with E-state index in [2.05, 4.69) is 5.32 Å². The fourth-order valence-electron chi connectivity index (χ4n) is 1.76. The molecule has 0 aliphatic rings. The fraction of sp³-hybridized carbons (Fsp3) is 0.500. The highest BCUT2D eigenvalue weighted by molar-refractivity contribution is 5.78. The second-order valence-electron chi connectivity index (χ2n) is 4.88. The zero-order valence-electron chi connectivity index (χ0n) is 11.8. The van der Waals surface area contributed by atoms with Gasteiger partial charge in [-0.05, 0) is 32.9 Å². The molecule has 0 amide bonds. The van der Waals surface area contributed by atoms with Crippen LogP contribution in [-0.2, 0) is 4.79 Å². The summed E-state index contributed by atoms with van der Waals surface area (Å²) in [5.74, 6) is 0.166. The van der Waals surface area contributed by atoms with Crippen molar-refractivity contribution in [2.24, 2.45) is 0 Å². The quantitative estimate of drug-likeness (QED) is 0.790. The van der Waals surface area contributed by atoms with Gasteiger partial charge in [-0.15, -0.1) is 0 Å². The van der Waals surface area contributed by atoms with Crippen LogP contribution in [0.25, 0.3) is 0 Å². The molecule has 1 aromatic rings. The molecular weight excluding hydrogens is 246 g/mol. The monoisotopic (exact) mass is 267 g/mol. The van der Waals surface area contributed by atoms with Crippen LogP contribution in [0.3, 0.4) is 0 Å². The van der Waals surface area contributed by atoms with Crippen molar-refractivity contribution in [3.63, 3.8) is 0 Å². The van der Waals surface area contributed by atoms with Crippen molar-refractivity contribution in [3.05, 3.63) is 24.3 Å². The third-order valence-corrected chi connectivity index (χ3v) is 2.66. The normalized spacial score (nSPS) is 13.9. The summed E-state index contributed by atoms with van der Waals surface area (Å²) in [6.07, 6.45) is 0. The summed E-state index contributed by atoms with van der Waals surface area (Å²) in [6, 6.07) is 7.20. The number of rotatable bonds is 7. The summed E-state index contributed by atoms with van der Waals surface area (Å²) in [4.78, 5) is 11.4. The summed E-state index contributed by atoms with van der Waals surface area (Å²) in [5.41, 5.74) is -1.14. The maximum absolute atomic E-state index is 11.4. The van der Waals surface area contributed by atoms with E-state index in [1.165, 1.54) is 0 Å². The Morgan fingerprint density at radius 3 is 2.42 bits per heavy atom. The highest BCUT2D eigenvalue weighted by atomic mass is 16.5. The fourth-order valence-corrected chi connectivity index (χ4v) is 1.76. The minimum absolute atomic E-state index is 0.0148. The lowest BCUT2D eigenvalue weighted by atomic mass is 10.0. The molecule has 106 valence electrons. The molecule has 2 N–H and O–H groups in total. The van der Waals surface area contributed by atoms with Crippen LogP contribution in [0.1, 0.15) is 20.8 Å². The first-order valence-corrected chi connectivity index (χ1v) is 6.16. The number of para-hydroxylation sites is 2. The zero-order chi connectivity index (χ0) is 14.5. The average Bonchev–Trinajstić information content (AvgIpc) is 2.35. The molecule has 0 aliphatic heterocycles. The first-order chi connectivity index (χ1) is 8.89. The minimum Gasteiger partial charge on any atom is -0.493 e. The van der Waals surface area contributed by atoms with Gasteiger partial charge in [-0.25, -0.2) is 0 Å². The molecule has 0 saturated carbocycles. The predicted molar refractivity (Wildman–Crippen MR) is 72.8 cm³/mol. The van der Waals surface area contributed by atoms with Gasteiger partial charge in [0.05, 0.1) is 7.11 Å². The molecule has 19 heavy (non-hydrogen) atoms. The second kappa shape index (κ2) is 6.43. The zero-order valence-corrected chi connectivity index (χ0v) is 11.8. The molecular formula is C14H21NO4. The van der Waals surface area contributed by atoms with Gasteiger partial charge in [0.25, 0.3) is 0 Å². The van der Waals surface area contributed by atoms with Gasteiger partial charge < -0.3 is 14.6 Å². The Bertz CT molecular complexity index is 433. The van der Waals surface area contributed by atoms with Crippen LogP contribution in [0.2, 0.25) is 0 Å². The van der Waals surface area contributed by atoms with Crippen LogP contribution in [0.5, 0.6) is 11.5 Å². The molecule has 0 saturated heterocycles. The number of benzene rings is 1. The van der Waals surface area contributed by atoms with Gasteiger partial charge in [-0.2, -0.15) is 0 Å². The van der Waals surface area contributed by atoms with Gasteiger partial charge in [0.2, 0.25) is 0 Å². The van der Waals surface area contributed by atoms with Crippen LogP contribution in [0, 0.1) is 0 Å². The second-order valence-corrected chi connectivity index (χ2v) is 4.88. The van der Waals surface area contributed by atoms with E-state index in [9.17, 15) is 9.90 Å². The van der Waals surface area contributed by atoms with Crippen molar-refractivity contribution in [2.45, 2.75) is 32.4 Å². The van der Waals surface area contributed by atoms with Crippen molar-refractivity contribution >= 4 is 5.97 Å². The molecule has 1 unspecified atom stereocenters. The van der Waals surface area contributed by atoms with Gasteiger partial charge in [-0.1, -0.05) is 12.1 Å². The van der Waals surface area contributed by atoms with Crippen LogP contribution in [0.4, 0.5) is 0 Å². The number of carboxylic acid groups (broad SMARTS) is 1. The summed E-state index contributed by atoms with van der Waals surface area (Å²) in [6.45, 7) is 5.40. The number of ether oxygens (including phenoxy) is 2. The van der Waals surface area contributed by atoms with Gasteiger partial charge in [-0.3, -0.25) is 10.1 Å². The topological polar surface area (TPSA) is 67.8 Å². The van der Waals surface area contributed by atoms with E-state index in [0.29, 0.717) is 11.5 Å². The third-order valence-electron chi connectivity index (χ3n) is 2.66. The maximum atomic E-state index is 11.4. The molecule has 0 radical (unpaired) electrons. The number of carboxylic acids is 1. The molecule has 5 nitrogen and oxygen atoms in total. The number of hydrogen-bond acceptors (Lipinski definition) is 4. The van der Waals surface area contributed by atoms with Crippen LogP contribution in [0.15, 0.2) is 24.3 Å². The molecule has 0 aromatic heterocycles. The summed E-state index contributed by atoms with van der Waals surface area (Å²) in [5, 5.41) is 12.3. The van der Waals surface area contributed by atoms with Crippen molar-refractivity contribution < 1.29 is 19.4 Å². The summed E-state index contributed by atoms with van der Waals surface area (Å²) < 4.78 is 10.7. The first-order valence-electron chi connectivity index (χ1n) is 6.16. The Hall–Kier alpha value is -1.75. The van der Waals surface area contributed by atoms with Crippen LogP contribution < -0.4 is 14.8 Å². The van der Waals surface area contributed by atoms with Crippen molar-refractivity contribution in [2.75, 3.05) is 13.7 Å². The summed E-state index contributed by atoms with van der Waals surface area (Å²) >= 11 is 0. The lowest BCUT2D eigenvalue weighted by Gasteiger charge is -2.28. The number of methoxy groups -OCH3 is 1. The number of nitrogens with one attached hydrogen (secondary N) is 1. The van der Waals surface area contributed by atoms with E-state index < -0.39 is 11.5 Å². The molecule has 0 fully saturated rings. The third kappa shape index (κ3) is 4.13. The first kappa shape index (κ1) is 15.3. The molecule has 0 heterocycles. The van der Waals surface area contributed by atoms with E-state index in [4.69, 9.17) is 9.47 Å². The highest BCUT2D eigenvalue weighted by Crippen LogP contribution is 2.26. The van der Waals surface area contributed by atoms with E-state index in [0.717, 1.165) is 0 Å². The van der Waals surface area contributed by atoms with Crippen molar-refractivity contribution in [3.8, 4) is 11.5 Å². The number of carbonyl (C=O) groups is 1. The van der Waals surface area contributed by atoms with Crippen molar-refractivity contribution in [1.29, 1.82) is 0 Å². The van der Waals surface area contributed by atoms with Crippen molar-refractivity contribution in [1.82, 2.24) is 5.32 Å². The summed E-state index contributed by atoms with van der Waals surface area (Å²) in [7, 11) is 1.55. The van der Waals surface area contributed by atoms with Gasteiger partial charge in [0.1, 0.15) is 12.1 Å². The van der Waals surface area contributed by atoms with Gasteiger partial charge in [0.15, 0.2) is 11.5 Å². The SMILES string of the molecule is COc1ccccc1OCC(C)(NC(C)C)C(=O)O. The van der Waals surface area contributed by atoms with E-state index in [1.807, 2.05) is 26.0 Å². The van der Waals surface area contributed by atoms with Gasteiger partial charge >= 0.3 is 5.97 Å². The Labute approximate surface area is 113 Å². The van der Waals surface area contributed by atoms with Gasteiger partial charge in [0, 0.05) is 6.04 Å². The molecule has 5 heteroatoms. The van der Waals surface area contributed by atoms with E-state index >= 15 is 0 Å². The lowest BCUT2D eigenvalue weighted by Crippen LogP contribution is -2.56.